The van der Waals surface area contributed by atoms with Crippen LogP contribution >= 0.6 is 0 Å². The van der Waals surface area contributed by atoms with Crippen molar-refractivity contribution in [3.05, 3.63) is 59.0 Å². The Balaban J connectivity index is 1.67. The highest BCUT2D eigenvalue weighted by atomic mass is 16.6. The molecule has 1 amide bonds. The van der Waals surface area contributed by atoms with Crippen LogP contribution in [0, 0.1) is 0 Å². The maximum atomic E-state index is 12.4. The Morgan fingerprint density at radius 1 is 1.14 bits per heavy atom. The van der Waals surface area contributed by atoms with Gasteiger partial charge in [-0.05, 0) is 38.1 Å². The predicted octanol–water partition coefficient (Wildman–Crippen LogP) is 2.93. The van der Waals surface area contributed by atoms with Crippen molar-refractivity contribution in [3.63, 3.8) is 0 Å². The van der Waals surface area contributed by atoms with Gasteiger partial charge in [0.15, 0.2) is 0 Å². The molecular weight excluding hydrogens is 362 g/mol. The summed E-state index contributed by atoms with van der Waals surface area (Å²) in [5.74, 6) is -0.446. The van der Waals surface area contributed by atoms with Crippen LogP contribution in [0.5, 0.6) is 0 Å². The minimum Gasteiger partial charge on any atom is -0.465 e. The number of hydrogen-bond acceptors (Lipinski definition) is 6. The molecule has 1 aromatic carbocycles. The molecule has 1 unspecified atom stereocenters. The molecule has 0 aliphatic carbocycles. The summed E-state index contributed by atoms with van der Waals surface area (Å²) >= 11 is 0. The second-order valence-electron chi connectivity index (χ2n) is 7.26. The van der Waals surface area contributed by atoms with Crippen molar-refractivity contribution in [2.24, 2.45) is 0 Å². The number of amides is 1. The van der Waals surface area contributed by atoms with Gasteiger partial charge in [0.2, 0.25) is 5.91 Å². The number of benzene rings is 1. The monoisotopic (exact) mass is 381 g/mol. The molecule has 28 heavy (non-hydrogen) atoms. The number of hydrogen-bond donors (Lipinski definition) is 1. The molecule has 1 N–H and O–H groups in total. The number of methoxy groups -OCH3 is 1. The van der Waals surface area contributed by atoms with E-state index in [0.717, 1.165) is 5.56 Å². The summed E-state index contributed by atoms with van der Waals surface area (Å²) in [6, 6.07) is 10.3. The molecule has 0 spiro atoms. The SMILES string of the molecule is COC(=O)c1ccc(-c2ccc(C3CC(=O)NC4=C3C(=O)OC4(C)C)o2)cc1. The van der Waals surface area contributed by atoms with E-state index in [1.54, 1.807) is 50.2 Å². The van der Waals surface area contributed by atoms with Crippen molar-refractivity contribution in [1.82, 2.24) is 5.32 Å². The van der Waals surface area contributed by atoms with Crippen LogP contribution < -0.4 is 5.32 Å². The van der Waals surface area contributed by atoms with E-state index in [0.29, 0.717) is 28.4 Å². The molecule has 1 atom stereocenters. The summed E-state index contributed by atoms with van der Waals surface area (Å²) in [4.78, 5) is 36.2. The van der Waals surface area contributed by atoms with E-state index in [4.69, 9.17) is 13.9 Å². The summed E-state index contributed by atoms with van der Waals surface area (Å²) in [5, 5.41) is 2.77. The molecule has 2 aliphatic rings. The van der Waals surface area contributed by atoms with Gasteiger partial charge in [-0.15, -0.1) is 0 Å². The third-order valence-electron chi connectivity index (χ3n) is 5.00. The quantitative estimate of drug-likeness (QED) is 0.822. The molecule has 0 saturated heterocycles. The highest BCUT2D eigenvalue weighted by Gasteiger charge is 2.48. The minimum atomic E-state index is -0.875. The summed E-state index contributed by atoms with van der Waals surface area (Å²) in [6.07, 6.45) is 0.109. The highest BCUT2D eigenvalue weighted by molar-refractivity contribution is 5.99. The number of rotatable bonds is 3. The first kappa shape index (κ1) is 18.0. The number of carbonyl (C=O) groups is 3. The topological polar surface area (TPSA) is 94.8 Å². The fourth-order valence-corrected chi connectivity index (χ4v) is 3.60. The van der Waals surface area contributed by atoms with Gasteiger partial charge >= 0.3 is 11.9 Å². The maximum Gasteiger partial charge on any atom is 0.337 e. The molecule has 4 rings (SSSR count). The molecule has 3 heterocycles. The molecule has 0 fully saturated rings. The van der Waals surface area contributed by atoms with Crippen molar-refractivity contribution in [2.75, 3.05) is 7.11 Å². The third-order valence-corrected chi connectivity index (χ3v) is 5.00. The zero-order chi connectivity index (χ0) is 20.1. The lowest BCUT2D eigenvalue weighted by atomic mass is 9.86. The average molecular weight is 381 g/mol. The molecule has 0 radical (unpaired) electrons. The van der Waals surface area contributed by atoms with Crippen LogP contribution in [0.2, 0.25) is 0 Å². The van der Waals surface area contributed by atoms with Gasteiger partial charge in [0.1, 0.15) is 17.1 Å². The van der Waals surface area contributed by atoms with Crippen molar-refractivity contribution in [1.29, 1.82) is 0 Å². The molecule has 144 valence electrons. The summed E-state index contributed by atoms with van der Waals surface area (Å²) in [7, 11) is 1.33. The van der Waals surface area contributed by atoms with E-state index in [2.05, 4.69) is 5.32 Å². The molecular formula is C21H19NO6. The van der Waals surface area contributed by atoms with Crippen molar-refractivity contribution < 1.29 is 28.3 Å². The molecule has 0 bridgehead atoms. The zero-order valence-corrected chi connectivity index (χ0v) is 15.7. The normalized spacial score (nSPS) is 20.5. The van der Waals surface area contributed by atoms with Gasteiger partial charge in [-0.1, -0.05) is 12.1 Å². The smallest absolute Gasteiger partial charge is 0.337 e. The van der Waals surface area contributed by atoms with Gasteiger partial charge in [0.25, 0.3) is 0 Å². The highest BCUT2D eigenvalue weighted by Crippen LogP contribution is 2.43. The summed E-state index contributed by atoms with van der Waals surface area (Å²) in [5.41, 5.74) is 1.26. The lowest BCUT2D eigenvalue weighted by Gasteiger charge is -2.26. The second kappa shape index (κ2) is 6.37. The molecule has 2 aromatic rings. The zero-order valence-electron chi connectivity index (χ0n) is 15.7. The first-order valence-corrected chi connectivity index (χ1v) is 8.86. The molecule has 2 aliphatic heterocycles. The van der Waals surface area contributed by atoms with Crippen LogP contribution in [-0.4, -0.2) is 30.6 Å². The van der Waals surface area contributed by atoms with E-state index in [1.807, 2.05) is 0 Å². The molecule has 0 saturated carbocycles. The molecule has 1 aromatic heterocycles. The minimum absolute atomic E-state index is 0.109. The fourth-order valence-electron chi connectivity index (χ4n) is 3.60. The van der Waals surface area contributed by atoms with Gasteiger partial charge in [-0.2, -0.15) is 0 Å². The van der Waals surface area contributed by atoms with Crippen LogP contribution in [-0.2, 0) is 19.1 Å². The predicted molar refractivity (Wildman–Crippen MR) is 98.2 cm³/mol. The Morgan fingerprint density at radius 3 is 2.54 bits per heavy atom. The van der Waals surface area contributed by atoms with E-state index in [9.17, 15) is 14.4 Å². The van der Waals surface area contributed by atoms with Gasteiger partial charge in [-0.25, -0.2) is 9.59 Å². The van der Waals surface area contributed by atoms with E-state index in [-0.39, 0.29) is 12.3 Å². The number of ether oxygens (including phenoxy) is 2. The number of nitrogens with one attached hydrogen (secondary N) is 1. The summed E-state index contributed by atoms with van der Waals surface area (Å²) < 4.78 is 16.1. The number of esters is 2. The van der Waals surface area contributed by atoms with Gasteiger partial charge in [0, 0.05) is 12.0 Å². The van der Waals surface area contributed by atoms with Gasteiger partial charge < -0.3 is 19.2 Å². The number of carbonyl (C=O) groups excluding carboxylic acids is 3. The van der Waals surface area contributed by atoms with Crippen molar-refractivity contribution in [2.45, 2.75) is 31.8 Å². The van der Waals surface area contributed by atoms with Crippen molar-refractivity contribution >= 4 is 17.8 Å². The first-order valence-electron chi connectivity index (χ1n) is 8.86. The largest absolute Gasteiger partial charge is 0.465 e. The Morgan fingerprint density at radius 2 is 1.86 bits per heavy atom. The maximum absolute atomic E-state index is 12.4. The fraction of sp³-hybridized carbons (Fsp3) is 0.286. The van der Waals surface area contributed by atoms with E-state index < -0.39 is 23.5 Å². The van der Waals surface area contributed by atoms with Crippen LogP contribution in [0.15, 0.2) is 52.1 Å². The van der Waals surface area contributed by atoms with Crippen LogP contribution in [0.1, 0.15) is 42.3 Å². The number of furan rings is 1. The van der Waals surface area contributed by atoms with E-state index >= 15 is 0 Å². The van der Waals surface area contributed by atoms with Crippen LogP contribution in [0.25, 0.3) is 11.3 Å². The van der Waals surface area contributed by atoms with Gasteiger partial charge in [-0.3, -0.25) is 4.79 Å². The standard InChI is InChI=1S/C21H19NO6/c1-21(2)18-17(20(25)28-21)13(10-16(23)22-18)15-9-8-14(27-15)11-4-6-12(7-5-11)19(24)26-3/h4-9,13H,10H2,1-3H3,(H,22,23). The third kappa shape index (κ3) is 2.89. The Hall–Kier alpha value is -3.35. The lowest BCUT2D eigenvalue weighted by Crippen LogP contribution is -2.38. The second-order valence-corrected chi connectivity index (χ2v) is 7.26. The first-order chi connectivity index (χ1) is 13.3. The van der Waals surface area contributed by atoms with Gasteiger partial charge in [0.05, 0.1) is 29.9 Å². The average Bonchev–Trinajstić information content (AvgIpc) is 3.24. The molecule has 7 heteroatoms. The summed E-state index contributed by atoms with van der Waals surface area (Å²) in [6.45, 7) is 3.48. The lowest BCUT2D eigenvalue weighted by molar-refractivity contribution is -0.144. The van der Waals surface area contributed by atoms with Crippen LogP contribution in [0.3, 0.4) is 0 Å². The number of cyclic esters (lactones) is 1. The Kier molecular flexibility index (Phi) is 4.10. The van der Waals surface area contributed by atoms with E-state index in [1.165, 1.54) is 7.11 Å². The van der Waals surface area contributed by atoms with Crippen LogP contribution in [0.4, 0.5) is 0 Å². The van der Waals surface area contributed by atoms with Crippen molar-refractivity contribution in [3.8, 4) is 11.3 Å². The molecule has 7 nitrogen and oxygen atoms in total. The Labute approximate surface area is 161 Å². The Bertz CT molecular complexity index is 1010.